The number of hydrogen-bond donors (Lipinski definition) is 1. The quantitative estimate of drug-likeness (QED) is 0.915. The van der Waals surface area contributed by atoms with Gasteiger partial charge in [0.25, 0.3) is 5.56 Å². The van der Waals surface area contributed by atoms with Gasteiger partial charge in [-0.15, -0.1) is 0 Å². The van der Waals surface area contributed by atoms with E-state index in [1.54, 1.807) is 6.07 Å². The van der Waals surface area contributed by atoms with E-state index in [4.69, 9.17) is 0 Å². The van der Waals surface area contributed by atoms with Crippen molar-refractivity contribution in [2.24, 2.45) is 0 Å². The van der Waals surface area contributed by atoms with Gasteiger partial charge < -0.3 is 4.98 Å². The fourth-order valence-electron chi connectivity index (χ4n) is 2.24. The van der Waals surface area contributed by atoms with Gasteiger partial charge in [-0.1, -0.05) is 13.0 Å². The fourth-order valence-corrected chi connectivity index (χ4v) is 2.24. The van der Waals surface area contributed by atoms with Gasteiger partial charge in [0, 0.05) is 18.1 Å². The van der Waals surface area contributed by atoms with E-state index in [1.165, 1.54) is 11.1 Å². The molecule has 0 unspecified atom stereocenters. The van der Waals surface area contributed by atoms with Crippen molar-refractivity contribution in [1.29, 1.82) is 0 Å². The Kier molecular flexibility index (Phi) is 3.84. The molecule has 1 heterocycles. The summed E-state index contributed by atoms with van der Waals surface area (Å²) in [6.45, 7) is 8.32. The molecular formula is C16H20N2O. The van der Waals surface area contributed by atoms with Crippen LogP contribution in [0.15, 0.2) is 23.0 Å². The number of aromatic amines is 1. The molecule has 0 fully saturated rings. The average Bonchev–Trinajstić information content (AvgIpc) is 2.33. The molecule has 0 saturated heterocycles. The molecule has 0 atom stereocenters. The Morgan fingerprint density at radius 3 is 2.42 bits per heavy atom. The highest BCUT2D eigenvalue weighted by atomic mass is 16.1. The number of nitrogens with one attached hydrogen (secondary N) is 1. The molecule has 1 aromatic carbocycles. The van der Waals surface area contributed by atoms with Crippen molar-refractivity contribution >= 4 is 0 Å². The van der Waals surface area contributed by atoms with Crippen LogP contribution in [-0.2, 0) is 6.42 Å². The molecule has 0 bridgehead atoms. The maximum atomic E-state index is 11.7. The summed E-state index contributed by atoms with van der Waals surface area (Å²) in [5, 5.41) is 0. The van der Waals surface area contributed by atoms with E-state index in [9.17, 15) is 4.79 Å². The summed E-state index contributed by atoms with van der Waals surface area (Å²) in [7, 11) is 0. The number of H-pyrrole nitrogens is 1. The summed E-state index contributed by atoms with van der Waals surface area (Å²) in [5.41, 5.74) is 5.38. The number of hydrogen-bond acceptors (Lipinski definition) is 2. The lowest BCUT2D eigenvalue weighted by Gasteiger charge is -2.10. The molecule has 1 aromatic heterocycles. The van der Waals surface area contributed by atoms with Crippen LogP contribution in [0.1, 0.15) is 35.9 Å². The highest BCUT2D eigenvalue weighted by molar-refractivity contribution is 5.65. The largest absolute Gasteiger partial charge is 0.311 e. The molecule has 0 aliphatic heterocycles. The minimum atomic E-state index is -0.0777. The van der Waals surface area contributed by atoms with Crippen molar-refractivity contribution < 1.29 is 0 Å². The fraction of sp³-hybridized carbons (Fsp3) is 0.375. The van der Waals surface area contributed by atoms with Crippen LogP contribution >= 0.6 is 0 Å². The normalized spacial score (nSPS) is 10.7. The standard InChI is InChI=1S/C16H20N2O/c1-5-6-15-17-14(9-16(19)18-15)13-8-11(3)10(2)7-12(13)4/h7-9H,5-6H2,1-4H3,(H,17,18,19). The van der Waals surface area contributed by atoms with Crippen LogP contribution in [0.25, 0.3) is 11.3 Å². The Labute approximate surface area is 113 Å². The van der Waals surface area contributed by atoms with Gasteiger partial charge in [0.1, 0.15) is 5.82 Å². The van der Waals surface area contributed by atoms with Gasteiger partial charge in [-0.25, -0.2) is 4.98 Å². The summed E-state index contributed by atoms with van der Waals surface area (Å²) in [5.74, 6) is 0.766. The lowest BCUT2D eigenvalue weighted by atomic mass is 9.98. The minimum Gasteiger partial charge on any atom is -0.311 e. The first-order chi connectivity index (χ1) is 9.01. The van der Waals surface area contributed by atoms with Crippen molar-refractivity contribution in [2.45, 2.75) is 40.5 Å². The lowest BCUT2D eigenvalue weighted by Crippen LogP contribution is -2.11. The van der Waals surface area contributed by atoms with E-state index in [0.717, 1.165) is 35.5 Å². The first kappa shape index (κ1) is 13.5. The zero-order valence-corrected chi connectivity index (χ0v) is 12.0. The van der Waals surface area contributed by atoms with Crippen LogP contribution < -0.4 is 5.56 Å². The van der Waals surface area contributed by atoms with Crippen LogP contribution in [0.5, 0.6) is 0 Å². The van der Waals surface area contributed by atoms with Crippen LogP contribution in [-0.4, -0.2) is 9.97 Å². The molecule has 3 heteroatoms. The average molecular weight is 256 g/mol. The molecular weight excluding hydrogens is 236 g/mol. The van der Waals surface area contributed by atoms with Gasteiger partial charge in [0.05, 0.1) is 5.69 Å². The molecule has 0 spiro atoms. The first-order valence-electron chi connectivity index (χ1n) is 6.69. The zero-order valence-electron chi connectivity index (χ0n) is 12.0. The molecule has 0 saturated carbocycles. The highest BCUT2D eigenvalue weighted by Gasteiger charge is 2.08. The third-order valence-electron chi connectivity index (χ3n) is 3.39. The number of aromatic nitrogens is 2. The second kappa shape index (κ2) is 5.39. The second-order valence-corrected chi connectivity index (χ2v) is 5.08. The second-order valence-electron chi connectivity index (χ2n) is 5.08. The Bertz CT molecular complexity index is 656. The van der Waals surface area contributed by atoms with Gasteiger partial charge in [-0.3, -0.25) is 4.79 Å². The number of benzene rings is 1. The van der Waals surface area contributed by atoms with E-state index in [1.807, 2.05) is 0 Å². The maximum Gasteiger partial charge on any atom is 0.251 e. The predicted octanol–water partition coefficient (Wildman–Crippen LogP) is 3.31. The summed E-state index contributed by atoms with van der Waals surface area (Å²) in [4.78, 5) is 19.1. The van der Waals surface area contributed by atoms with Crippen molar-refractivity contribution in [1.82, 2.24) is 9.97 Å². The van der Waals surface area contributed by atoms with E-state index < -0.39 is 0 Å². The predicted molar refractivity (Wildman–Crippen MR) is 78.5 cm³/mol. The maximum absolute atomic E-state index is 11.7. The van der Waals surface area contributed by atoms with Gasteiger partial charge >= 0.3 is 0 Å². The van der Waals surface area contributed by atoms with Crippen molar-refractivity contribution in [3.63, 3.8) is 0 Å². The molecule has 0 amide bonds. The van der Waals surface area contributed by atoms with Gasteiger partial charge in [-0.05, 0) is 49.9 Å². The van der Waals surface area contributed by atoms with Crippen molar-refractivity contribution in [3.8, 4) is 11.3 Å². The van der Waals surface area contributed by atoms with E-state index in [2.05, 4.69) is 49.8 Å². The zero-order chi connectivity index (χ0) is 14.0. The van der Waals surface area contributed by atoms with E-state index in [0.29, 0.717) is 0 Å². The minimum absolute atomic E-state index is 0.0777. The summed E-state index contributed by atoms with van der Waals surface area (Å²) >= 11 is 0. The molecule has 2 aromatic rings. The molecule has 0 radical (unpaired) electrons. The molecule has 0 aliphatic rings. The van der Waals surface area contributed by atoms with Crippen LogP contribution in [0.2, 0.25) is 0 Å². The first-order valence-corrected chi connectivity index (χ1v) is 6.69. The van der Waals surface area contributed by atoms with E-state index in [-0.39, 0.29) is 5.56 Å². The third kappa shape index (κ3) is 2.92. The summed E-state index contributed by atoms with van der Waals surface area (Å²) in [6.07, 6.45) is 1.77. The molecule has 19 heavy (non-hydrogen) atoms. The Hall–Kier alpha value is -1.90. The molecule has 3 nitrogen and oxygen atoms in total. The number of nitrogens with zero attached hydrogens (tertiary/aromatic N) is 1. The van der Waals surface area contributed by atoms with Crippen LogP contribution in [0.4, 0.5) is 0 Å². The molecule has 0 aliphatic carbocycles. The Morgan fingerprint density at radius 1 is 1.05 bits per heavy atom. The SMILES string of the molecule is CCCc1nc(-c2cc(C)c(C)cc2C)cc(=O)[nH]1. The van der Waals surface area contributed by atoms with Gasteiger partial charge in [0.15, 0.2) is 0 Å². The summed E-state index contributed by atoms with van der Waals surface area (Å²) in [6, 6.07) is 5.84. The molecule has 100 valence electrons. The molecule has 1 N–H and O–H groups in total. The number of aryl methyl sites for hydroxylation is 4. The monoisotopic (exact) mass is 256 g/mol. The Balaban J connectivity index is 2.58. The third-order valence-corrected chi connectivity index (χ3v) is 3.39. The molecule has 2 rings (SSSR count). The van der Waals surface area contributed by atoms with Crippen molar-refractivity contribution in [2.75, 3.05) is 0 Å². The summed E-state index contributed by atoms with van der Waals surface area (Å²) < 4.78 is 0. The lowest BCUT2D eigenvalue weighted by molar-refractivity contribution is 0.827. The number of rotatable bonds is 3. The van der Waals surface area contributed by atoms with Gasteiger partial charge in [-0.2, -0.15) is 0 Å². The topological polar surface area (TPSA) is 45.8 Å². The smallest absolute Gasteiger partial charge is 0.251 e. The van der Waals surface area contributed by atoms with Crippen molar-refractivity contribution in [3.05, 3.63) is 51.1 Å². The van der Waals surface area contributed by atoms with Crippen LogP contribution in [0.3, 0.4) is 0 Å². The van der Waals surface area contributed by atoms with Gasteiger partial charge in [0.2, 0.25) is 0 Å². The highest BCUT2D eigenvalue weighted by Crippen LogP contribution is 2.24. The van der Waals surface area contributed by atoms with E-state index >= 15 is 0 Å². The Morgan fingerprint density at radius 2 is 1.74 bits per heavy atom. The van der Waals surface area contributed by atoms with Crippen LogP contribution in [0, 0.1) is 20.8 Å².